The average molecular weight is 469 g/mol. The minimum atomic E-state index is -4.85. The maximum atomic E-state index is 11.5. The summed E-state index contributed by atoms with van der Waals surface area (Å²) in [5.74, 6) is -0.483. The van der Waals surface area contributed by atoms with Gasteiger partial charge in [-0.05, 0) is 42.8 Å². The molecule has 8 heteroatoms. The van der Waals surface area contributed by atoms with Crippen molar-refractivity contribution >= 4 is 20.9 Å². The molecule has 0 amide bonds. The summed E-state index contributed by atoms with van der Waals surface area (Å²) in [6.45, 7) is 1.70. The first-order valence-corrected chi connectivity index (χ1v) is 12.6. The molecule has 3 nitrogen and oxygen atoms in total. The number of rotatable bonds is 7. The minimum absolute atomic E-state index is 0.0146. The monoisotopic (exact) mass is 468 g/mol. The van der Waals surface area contributed by atoms with Gasteiger partial charge in [-0.1, -0.05) is 67.9 Å². The Bertz CT molecular complexity index is 903. The van der Waals surface area contributed by atoms with Crippen LogP contribution >= 0.6 is 0 Å². The molecule has 0 bridgehead atoms. The van der Waals surface area contributed by atoms with E-state index in [9.17, 15) is 21.6 Å². The molecule has 0 spiro atoms. The molecule has 3 aromatic carbocycles. The summed E-state index contributed by atoms with van der Waals surface area (Å²) in [7, 11) is -4.19. The first-order valence-electron chi connectivity index (χ1n) is 9.69. The van der Waals surface area contributed by atoms with Crippen LogP contribution in [0.3, 0.4) is 0 Å². The fourth-order valence-electron chi connectivity index (χ4n) is 2.64. The van der Waals surface area contributed by atoms with E-state index in [-0.39, 0.29) is 17.3 Å². The maximum absolute atomic E-state index is 11.5. The number of hydrogen-bond acceptors (Lipinski definition) is 2. The fourth-order valence-corrected chi connectivity index (χ4v) is 5.87. The van der Waals surface area contributed by atoms with Gasteiger partial charge < -0.3 is 0 Å². The van der Waals surface area contributed by atoms with E-state index in [1.54, 1.807) is 6.92 Å². The van der Waals surface area contributed by atoms with E-state index in [4.69, 9.17) is 0 Å². The highest BCUT2D eigenvalue weighted by Gasteiger charge is 2.33. The lowest BCUT2D eigenvalue weighted by Gasteiger charge is -2.08. The number of sulfonamides is 1. The third-order valence-corrected chi connectivity index (χ3v) is 7.57. The summed E-state index contributed by atoms with van der Waals surface area (Å²) in [5, 5.41) is 0. The molecule has 0 atom stereocenters. The molecule has 0 saturated heterocycles. The highest BCUT2D eigenvalue weighted by atomic mass is 32.2. The average Bonchev–Trinajstić information content (AvgIpc) is 2.74. The van der Waals surface area contributed by atoms with Gasteiger partial charge in [0, 0.05) is 0 Å². The number of benzene rings is 3. The molecular formula is C23H25F3NO2S2+. The second-order valence-corrected chi connectivity index (χ2v) is 10.4. The number of halogens is 3. The Labute approximate surface area is 184 Å². The van der Waals surface area contributed by atoms with Gasteiger partial charge in [-0.25, -0.2) is 8.42 Å². The molecule has 0 unspecified atom stereocenters. The summed E-state index contributed by atoms with van der Waals surface area (Å²) in [5.41, 5.74) is 0. The van der Waals surface area contributed by atoms with Crippen molar-refractivity contribution in [3.05, 3.63) is 91.0 Å². The van der Waals surface area contributed by atoms with Crippen LogP contribution in [0.15, 0.2) is 106 Å². The normalized spacial score (nSPS) is 11.6. The van der Waals surface area contributed by atoms with Crippen molar-refractivity contribution in [1.82, 2.24) is 4.72 Å². The van der Waals surface area contributed by atoms with E-state index >= 15 is 0 Å². The van der Waals surface area contributed by atoms with Gasteiger partial charge in [-0.2, -0.15) is 13.2 Å². The van der Waals surface area contributed by atoms with Crippen molar-refractivity contribution in [2.45, 2.75) is 40.8 Å². The summed E-state index contributed by atoms with van der Waals surface area (Å²) in [6, 6.07) is 32.2. The van der Waals surface area contributed by atoms with Crippen molar-refractivity contribution in [1.29, 1.82) is 0 Å². The molecule has 3 aromatic rings. The molecule has 31 heavy (non-hydrogen) atoms. The minimum Gasteiger partial charge on any atom is -0.212 e. The van der Waals surface area contributed by atoms with Gasteiger partial charge in [-0.3, -0.25) is 0 Å². The Hall–Kier alpha value is -2.29. The second kappa shape index (κ2) is 11.9. The zero-order valence-corrected chi connectivity index (χ0v) is 18.7. The molecule has 1 N–H and O–H groups in total. The fraction of sp³-hybridized carbons (Fsp3) is 0.217. The van der Waals surface area contributed by atoms with Gasteiger partial charge in [0.2, 0.25) is 10.0 Å². The number of hydrogen-bond donors (Lipinski definition) is 1. The standard InChI is InChI=1S/C18H15S.C5H10F3NO2S/c1-4-10-16(11-5-1)19(17-12-6-2-7-13-17)18-14-8-3-9-15-18;1-2-3-4-12(10,11)9-5(6,7)8/h1-15H;9H,2-4H2,1H3/q+1;. The second-order valence-electron chi connectivity index (χ2n) is 6.52. The quantitative estimate of drug-likeness (QED) is 0.341. The first kappa shape index (κ1) is 25.0. The molecule has 0 fully saturated rings. The number of alkyl halides is 3. The summed E-state index contributed by atoms with van der Waals surface area (Å²) in [4.78, 5) is 4.08. The van der Waals surface area contributed by atoms with Gasteiger partial charge in [0.15, 0.2) is 14.7 Å². The molecule has 0 radical (unpaired) electrons. The SMILES string of the molecule is CCCCS(=O)(=O)NC(F)(F)F.c1ccc([S+](c2ccccc2)c2ccccc2)cc1. The smallest absolute Gasteiger partial charge is 0.212 e. The van der Waals surface area contributed by atoms with Gasteiger partial charge in [-0.15, -0.1) is 4.72 Å². The molecule has 0 aliphatic carbocycles. The molecular weight excluding hydrogens is 443 g/mol. The maximum Gasteiger partial charge on any atom is 0.470 e. The Morgan fingerprint density at radius 2 is 1.10 bits per heavy atom. The van der Waals surface area contributed by atoms with Crippen molar-refractivity contribution in [3.8, 4) is 0 Å². The Balaban J connectivity index is 0.000000248. The highest BCUT2D eigenvalue weighted by molar-refractivity contribution is 7.97. The summed E-state index contributed by atoms with van der Waals surface area (Å²) in [6.07, 6.45) is -4.09. The van der Waals surface area contributed by atoms with Crippen molar-refractivity contribution < 1.29 is 21.6 Å². The largest absolute Gasteiger partial charge is 0.470 e. The molecule has 0 heterocycles. The number of unbranched alkanes of at least 4 members (excludes halogenated alkanes) is 1. The van der Waals surface area contributed by atoms with E-state index in [0.29, 0.717) is 11.1 Å². The Morgan fingerprint density at radius 1 is 0.742 bits per heavy atom. The van der Waals surface area contributed by atoms with Gasteiger partial charge >= 0.3 is 6.30 Å². The molecule has 0 aromatic heterocycles. The van der Waals surface area contributed by atoms with E-state index < -0.39 is 22.1 Å². The zero-order valence-electron chi connectivity index (χ0n) is 17.0. The van der Waals surface area contributed by atoms with Crippen LogP contribution in [0.4, 0.5) is 13.2 Å². The van der Waals surface area contributed by atoms with E-state index in [0.717, 1.165) is 0 Å². The van der Waals surface area contributed by atoms with Crippen LogP contribution in [-0.2, 0) is 20.9 Å². The van der Waals surface area contributed by atoms with Crippen LogP contribution in [0.25, 0.3) is 0 Å². The van der Waals surface area contributed by atoms with Crippen molar-refractivity contribution in [2.24, 2.45) is 0 Å². The predicted octanol–water partition coefficient (Wildman–Crippen LogP) is 6.01. The van der Waals surface area contributed by atoms with Crippen molar-refractivity contribution in [3.63, 3.8) is 0 Å². The van der Waals surface area contributed by atoms with Crippen LogP contribution < -0.4 is 4.72 Å². The molecule has 0 aliphatic rings. The lowest BCUT2D eigenvalue weighted by Crippen LogP contribution is -2.38. The van der Waals surface area contributed by atoms with Crippen LogP contribution in [0.1, 0.15) is 19.8 Å². The van der Waals surface area contributed by atoms with Crippen LogP contribution in [0.2, 0.25) is 0 Å². The van der Waals surface area contributed by atoms with E-state index in [2.05, 4.69) is 91.0 Å². The predicted molar refractivity (Wildman–Crippen MR) is 119 cm³/mol. The molecule has 166 valence electrons. The van der Waals surface area contributed by atoms with Gasteiger partial charge in [0.25, 0.3) is 0 Å². The van der Waals surface area contributed by atoms with E-state index in [1.807, 2.05) is 0 Å². The van der Waals surface area contributed by atoms with Gasteiger partial charge in [0.1, 0.15) is 0 Å². The van der Waals surface area contributed by atoms with Crippen LogP contribution in [-0.4, -0.2) is 20.5 Å². The summed E-state index contributed by atoms with van der Waals surface area (Å²) >= 11 is 0. The highest BCUT2D eigenvalue weighted by Crippen LogP contribution is 2.30. The molecule has 0 aliphatic heterocycles. The first-order chi connectivity index (χ1) is 14.7. The van der Waals surface area contributed by atoms with Crippen LogP contribution in [0.5, 0.6) is 0 Å². The topological polar surface area (TPSA) is 46.2 Å². The summed E-state index contributed by atoms with van der Waals surface area (Å²) < 4.78 is 56.2. The third-order valence-electron chi connectivity index (χ3n) is 3.97. The van der Waals surface area contributed by atoms with E-state index in [1.165, 1.54) is 14.7 Å². The molecule has 3 rings (SSSR count). The molecule has 0 saturated carbocycles. The van der Waals surface area contributed by atoms with Crippen molar-refractivity contribution in [2.75, 3.05) is 5.75 Å². The lowest BCUT2D eigenvalue weighted by atomic mass is 10.4. The zero-order chi connectivity index (χ0) is 22.7. The number of nitrogens with one attached hydrogen (secondary N) is 1. The Kier molecular flexibility index (Phi) is 9.61. The van der Waals surface area contributed by atoms with Gasteiger partial charge in [0.05, 0.1) is 16.6 Å². The third kappa shape index (κ3) is 9.16. The van der Waals surface area contributed by atoms with Crippen LogP contribution in [0, 0.1) is 0 Å². The Morgan fingerprint density at radius 3 is 1.39 bits per heavy atom. The lowest BCUT2D eigenvalue weighted by molar-refractivity contribution is -0.138.